The Morgan fingerprint density at radius 2 is 2.17 bits per heavy atom. The van der Waals surface area contributed by atoms with Crippen molar-refractivity contribution in [2.45, 2.75) is 31.6 Å². The van der Waals surface area contributed by atoms with E-state index in [2.05, 4.69) is 18.8 Å². The normalized spacial score (nSPS) is 11.8. The molecule has 0 amide bonds. The largest absolute Gasteiger partial charge is 0.461 e. The van der Waals surface area contributed by atoms with Gasteiger partial charge in [-0.3, -0.25) is 0 Å². The van der Waals surface area contributed by atoms with Gasteiger partial charge in [-0.2, -0.15) is 0 Å². The average Bonchev–Trinajstić information content (AvgIpc) is 2.72. The number of aromatic amines is 1. The van der Waals surface area contributed by atoms with E-state index in [4.69, 9.17) is 15.4 Å². The highest BCUT2D eigenvalue weighted by Gasteiger charge is 2.16. The molecular weight excluding hydrogens is 278 g/mol. The Bertz CT molecular complexity index is 507. The number of aromatic nitrogens is 1. The summed E-state index contributed by atoms with van der Waals surface area (Å²) in [4.78, 5) is 13.9. The zero-order valence-electron chi connectivity index (χ0n) is 10.3. The van der Waals surface area contributed by atoms with Gasteiger partial charge in [0.1, 0.15) is 10.6 Å². The number of ether oxygens (including phenoxy) is 1. The van der Waals surface area contributed by atoms with Crippen LogP contribution in [-0.4, -0.2) is 26.0 Å². The summed E-state index contributed by atoms with van der Waals surface area (Å²) in [7, 11) is 1.32. The Morgan fingerprint density at radius 3 is 2.67 bits per heavy atom. The van der Waals surface area contributed by atoms with Gasteiger partial charge < -0.3 is 9.72 Å². The molecule has 0 spiro atoms. The van der Waals surface area contributed by atoms with Gasteiger partial charge in [-0.15, -0.1) is 0 Å². The van der Waals surface area contributed by atoms with E-state index in [1.54, 1.807) is 0 Å². The van der Waals surface area contributed by atoms with Crippen LogP contribution in [0.25, 0.3) is 0 Å². The van der Waals surface area contributed by atoms with E-state index in [9.17, 15) is 13.2 Å². The number of carbonyl (C=O) groups is 1. The minimum absolute atomic E-state index is 0.0822. The maximum atomic E-state index is 11.5. The quantitative estimate of drug-likeness (QED) is 0.497. The number of esters is 1. The Morgan fingerprint density at radius 1 is 1.50 bits per heavy atom. The van der Waals surface area contributed by atoms with Crippen LogP contribution < -0.4 is 0 Å². The molecule has 0 fully saturated rings. The first-order valence-corrected chi connectivity index (χ1v) is 7.92. The summed E-state index contributed by atoms with van der Waals surface area (Å²) >= 11 is 0. The van der Waals surface area contributed by atoms with Gasteiger partial charge in [0.2, 0.25) is 0 Å². The molecule has 5 nitrogen and oxygen atoms in total. The van der Waals surface area contributed by atoms with Crippen molar-refractivity contribution in [3.63, 3.8) is 0 Å². The summed E-state index contributed by atoms with van der Waals surface area (Å²) in [6.45, 7) is 4.49. The Hall–Kier alpha value is -1.01. The van der Waals surface area contributed by atoms with Gasteiger partial charge in [0.15, 0.2) is 0 Å². The molecule has 0 aliphatic carbocycles. The van der Waals surface area contributed by atoms with Gasteiger partial charge in [0.05, 0.1) is 6.61 Å². The Labute approximate surface area is 111 Å². The third-order valence-corrected chi connectivity index (χ3v) is 3.65. The van der Waals surface area contributed by atoms with E-state index in [-0.39, 0.29) is 10.6 Å². The molecule has 7 heteroatoms. The first kappa shape index (κ1) is 15.0. The predicted octanol–water partition coefficient (Wildman–Crippen LogP) is 2.54. The number of nitrogens with one attached hydrogen (secondary N) is 1. The molecule has 0 bridgehead atoms. The lowest BCUT2D eigenvalue weighted by atomic mass is 10.1. The summed E-state index contributed by atoms with van der Waals surface area (Å²) in [6, 6.07) is 1.16. The first-order chi connectivity index (χ1) is 8.30. The third-order valence-electron chi connectivity index (χ3n) is 2.32. The Kier molecular flexibility index (Phi) is 5.22. The van der Waals surface area contributed by atoms with E-state index < -0.39 is 15.0 Å². The van der Waals surface area contributed by atoms with Crippen molar-refractivity contribution in [3.8, 4) is 0 Å². The second-order valence-corrected chi connectivity index (χ2v) is 6.92. The lowest BCUT2D eigenvalue weighted by molar-refractivity contribution is 0.0488. The molecular formula is C11H16ClNO4S. The number of halogens is 1. The third kappa shape index (κ3) is 4.70. The van der Waals surface area contributed by atoms with Crippen molar-refractivity contribution >= 4 is 25.7 Å². The van der Waals surface area contributed by atoms with Crippen LogP contribution in [0, 0.1) is 5.92 Å². The minimum atomic E-state index is -3.82. The fourth-order valence-corrected chi connectivity index (χ4v) is 2.09. The lowest BCUT2D eigenvalue weighted by Gasteiger charge is -2.05. The monoisotopic (exact) mass is 293 g/mol. The predicted molar refractivity (Wildman–Crippen MR) is 68.2 cm³/mol. The van der Waals surface area contributed by atoms with E-state index >= 15 is 0 Å². The zero-order chi connectivity index (χ0) is 13.8. The van der Waals surface area contributed by atoms with Crippen LogP contribution in [0.4, 0.5) is 0 Å². The minimum Gasteiger partial charge on any atom is -0.461 e. The van der Waals surface area contributed by atoms with Crippen LogP contribution in [0.15, 0.2) is 17.2 Å². The van der Waals surface area contributed by atoms with Gasteiger partial charge in [-0.05, 0) is 24.8 Å². The molecule has 1 N–H and O–H groups in total. The van der Waals surface area contributed by atoms with Gasteiger partial charge in [0, 0.05) is 16.9 Å². The standard InChI is InChI=1S/C11H16ClNO4S/c1-8(2)4-3-5-17-11(14)10-6-9(7-13-10)18(12,15)16/h6-8,13H,3-5H2,1-2H3. The number of rotatable bonds is 6. The van der Waals surface area contributed by atoms with Crippen molar-refractivity contribution in [2.75, 3.05) is 6.61 Å². The van der Waals surface area contributed by atoms with Crippen molar-refractivity contribution in [1.82, 2.24) is 4.98 Å². The molecule has 0 aliphatic rings. The molecule has 0 unspecified atom stereocenters. The molecule has 0 aliphatic heterocycles. The highest BCUT2D eigenvalue weighted by molar-refractivity contribution is 8.13. The van der Waals surface area contributed by atoms with Crippen molar-refractivity contribution < 1.29 is 17.9 Å². The number of H-pyrrole nitrogens is 1. The van der Waals surface area contributed by atoms with E-state index in [0.717, 1.165) is 25.1 Å². The summed E-state index contributed by atoms with van der Waals surface area (Å²) in [6.07, 6.45) is 2.91. The SMILES string of the molecule is CC(C)CCCOC(=O)c1cc(S(=O)(=O)Cl)c[nH]1. The van der Waals surface area contributed by atoms with Crippen molar-refractivity contribution in [2.24, 2.45) is 5.92 Å². The van der Waals surface area contributed by atoms with Crippen LogP contribution in [0.1, 0.15) is 37.2 Å². The van der Waals surface area contributed by atoms with Gasteiger partial charge in [0.25, 0.3) is 9.05 Å². The summed E-state index contributed by atoms with van der Waals surface area (Å²) in [5.74, 6) is -0.0208. The first-order valence-electron chi connectivity index (χ1n) is 5.61. The summed E-state index contributed by atoms with van der Waals surface area (Å²) in [5, 5.41) is 0. The fraction of sp³-hybridized carbons (Fsp3) is 0.545. The maximum absolute atomic E-state index is 11.5. The van der Waals surface area contributed by atoms with Gasteiger partial charge in [-0.25, -0.2) is 13.2 Å². The molecule has 1 aromatic rings. The number of hydrogen-bond acceptors (Lipinski definition) is 4. The lowest BCUT2D eigenvalue weighted by Crippen LogP contribution is -2.07. The van der Waals surface area contributed by atoms with E-state index in [1.807, 2.05) is 0 Å². The number of carbonyl (C=O) groups excluding carboxylic acids is 1. The highest BCUT2D eigenvalue weighted by Crippen LogP contribution is 2.16. The molecule has 1 heterocycles. The van der Waals surface area contributed by atoms with Crippen LogP contribution in [0.5, 0.6) is 0 Å². The summed E-state index contributed by atoms with van der Waals surface area (Å²) in [5.41, 5.74) is 0.0822. The molecule has 1 aromatic heterocycles. The van der Waals surface area contributed by atoms with Crippen molar-refractivity contribution in [3.05, 3.63) is 18.0 Å². The topological polar surface area (TPSA) is 76.2 Å². The Balaban J connectivity index is 2.50. The maximum Gasteiger partial charge on any atom is 0.354 e. The molecule has 102 valence electrons. The highest BCUT2D eigenvalue weighted by atomic mass is 35.7. The van der Waals surface area contributed by atoms with Gasteiger partial charge in [-0.1, -0.05) is 13.8 Å². The molecule has 1 rings (SSSR count). The second-order valence-electron chi connectivity index (χ2n) is 4.36. The van der Waals surface area contributed by atoms with E-state index in [1.165, 1.54) is 0 Å². The van der Waals surface area contributed by atoms with Crippen LogP contribution in [0.2, 0.25) is 0 Å². The zero-order valence-corrected chi connectivity index (χ0v) is 11.8. The second kappa shape index (κ2) is 6.24. The molecule has 0 saturated carbocycles. The average molecular weight is 294 g/mol. The fourth-order valence-electron chi connectivity index (χ4n) is 1.37. The van der Waals surface area contributed by atoms with Crippen LogP contribution in [0.3, 0.4) is 0 Å². The van der Waals surface area contributed by atoms with E-state index in [0.29, 0.717) is 12.5 Å². The van der Waals surface area contributed by atoms with Crippen LogP contribution in [-0.2, 0) is 13.8 Å². The molecule has 0 radical (unpaired) electrons. The van der Waals surface area contributed by atoms with Crippen molar-refractivity contribution in [1.29, 1.82) is 0 Å². The van der Waals surface area contributed by atoms with Crippen LogP contribution >= 0.6 is 10.7 Å². The number of hydrogen-bond donors (Lipinski definition) is 1. The molecule has 18 heavy (non-hydrogen) atoms. The summed E-state index contributed by atoms with van der Waals surface area (Å²) < 4.78 is 27.0. The molecule has 0 saturated heterocycles. The van der Waals surface area contributed by atoms with Gasteiger partial charge >= 0.3 is 5.97 Å². The molecule has 0 atom stereocenters. The molecule has 0 aromatic carbocycles. The smallest absolute Gasteiger partial charge is 0.354 e.